The molecule has 2 aromatic rings. The molecule has 0 radical (unpaired) electrons. The molecule has 1 heterocycles. The van der Waals surface area contributed by atoms with Gasteiger partial charge in [-0.05, 0) is 23.7 Å². The first-order valence-corrected chi connectivity index (χ1v) is 5.10. The van der Waals surface area contributed by atoms with Crippen LogP contribution in [0, 0.1) is 0 Å². The summed E-state index contributed by atoms with van der Waals surface area (Å²) in [6.07, 6.45) is 1.58. The minimum atomic E-state index is 0.157. The molecule has 1 aromatic carbocycles. The van der Waals surface area contributed by atoms with Gasteiger partial charge in [0.25, 0.3) is 0 Å². The van der Waals surface area contributed by atoms with Crippen LogP contribution in [0.25, 0.3) is 0 Å². The molecular weight excluding hydrogens is 226 g/mol. The van der Waals surface area contributed by atoms with Gasteiger partial charge in [-0.3, -0.25) is 0 Å². The van der Waals surface area contributed by atoms with Gasteiger partial charge in [-0.25, -0.2) is 4.98 Å². The molecule has 0 aliphatic rings. The molecule has 5 heteroatoms. The van der Waals surface area contributed by atoms with Gasteiger partial charge in [0, 0.05) is 7.05 Å². The number of anilines is 1. The van der Waals surface area contributed by atoms with Crippen molar-refractivity contribution in [2.24, 2.45) is 0 Å². The number of ether oxygens (including phenoxy) is 1. The van der Waals surface area contributed by atoms with Crippen molar-refractivity contribution in [1.82, 2.24) is 9.97 Å². The molecule has 1 aromatic heterocycles. The van der Waals surface area contributed by atoms with E-state index in [1.165, 1.54) is 0 Å². The van der Waals surface area contributed by atoms with Gasteiger partial charge in [-0.2, -0.15) is 4.98 Å². The molecule has 0 aliphatic heterocycles. The molecule has 0 saturated carbocycles. The number of halogens is 1. The predicted molar refractivity (Wildman–Crippen MR) is 63.1 cm³/mol. The van der Waals surface area contributed by atoms with Gasteiger partial charge in [-0.15, -0.1) is 0 Å². The smallest absolute Gasteiger partial charge is 0.247 e. The molecule has 4 nitrogen and oxygen atoms in total. The van der Waals surface area contributed by atoms with Gasteiger partial charge >= 0.3 is 0 Å². The Morgan fingerprint density at radius 3 is 2.69 bits per heavy atom. The molecule has 0 saturated heterocycles. The molecular formula is C11H10ClN3O. The number of hydrogen-bond acceptors (Lipinski definition) is 4. The summed E-state index contributed by atoms with van der Waals surface area (Å²) in [6.45, 7) is 0. The lowest BCUT2D eigenvalue weighted by molar-refractivity contribution is 0.464. The summed E-state index contributed by atoms with van der Waals surface area (Å²) in [5, 5.41) is 3.09. The number of para-hydroxylation sites is 1. The van der Waals surface area contributed by atoms with E-state index in [4.69, 9.17) is 16.3 Å². The molecule has 0 spiro atoms. The predicted octanol–water partition coefficient (Wildman–Crippen LogP) is 2.96. The fourth-order valence-corrected chi connectivity index (χ4v) is 1.32. The molecule has 82 valence electrons. The molecule has 0 atom stereocenters. The number of benzene rings is 1. The lowest BCUT2D eigenvalue weighted by Gasteiger charge is -2.08. The fourth-order valence-electron chi connectivity index (χ4n) is 1.20. The molecule has 1 N–H and O–H groups in total. The van der Waals surface area contributed by atoms with Gasteiger partial charge in [0.05, 0.1) is 6.20 Å². The number of nitrogens with one attached hydrogen (secondary N) is 1. The zero-order chi connectivity index (χ0) is 11.4. The highest BCUT2D eigenvalue weighted by atomic mass is 35.5. The molecule has 16 heavy (non-hydrogen) atoms. The highest BCUT2D eigenvalue weighted by Crippen LogP contribution is 2.26. The maximum atomic E-state index is 5.71. The summed E-state index contributed by atoms with van der Waals surface area (Å²) < 4.78 is 5.58. The SMILES string of the molecule is CNc1cnc(Cl)nc1Oc1ccccc1. The van der Waals surface area contributed by atoms with Crippen molar-refractivity contribution < 1.29 is 4.74 Å². The summed E-state index contributed by atoms with van der Waals surface area (Å²) in [4.78, 5) is 7.87. The number of nitrogens with zero attached hydrogens (tertiary/aromatic N) is 2. The molecule has 0 aliphatic carbocycles. The van der Waals surface area contributed by atoms with Gasteiger partial charge in [-0.1, -0.05) is 18.2 Å². The minimum Gasteiger partial charge on any atom is -0.437 e. The lowest BCUT2D eigenvalue weighted by Crippen LogP contribution is -1.97. The van der Waals surface area contributed by atoms with E-state index in [1.807, 2.05) is 30.3 Å². The normalized spacial score (nSPS) is 9.88. The van der Waals surface area contributed by atoms with Crippen LogP contribution < -0.4 is 10.1 Å². The minimum absolute atomic E-state index is 0.157. The van der Waals surface area contributed by atoms with Gasteiger partial charge in [0.1, 0.15) is 11.4 Å². The van der Waals surface area contributed by atoms with E-state index < -0.39 is 0 Å². The maximum Gasteiger partial charge on any atom is 0.247 e. The van der Waals surface area contributed by atoms with Crippen LogP contribution in [0.3, 0.4) is 0 Å². The number of rotatable bonds is 3. The van der Waals surface area contributed by atoms with Crippen molar-refractivity contribution >= 4 is 17.3 Å². The summed E-state index contributed by atoms with van der Waals surface area (Å²) in [5.41, 5.74) is 0.688. The second kappa shape index (κ2) is 4.81. The van der Waals surface area contributed by atoms with Crippen LogP contribution in [-0.2, 0) is 0 Å². The first kappa shape index (κ1) is 10.7. The Morgan fingerprint density at radius 1 is 1.25 bits per heavy atom. The number of hydrogen-bond donors (Lipinski definition) is 1. The van der Waals surface area contributed by atoms with Crippen molar-refractivity contribution in [3.05, 3.63) is 41.8 Å². The average molecular weight is 236 g/mol. The van der Waals surface area contributed by atoms with Crippen LogP contribution in [0.15, 0.2) is 36.5 Å². The maximum absolute atomic E-state index is 5.71. The van der Waals surface area contributed by atoms with Crippen LogP contribution in [0.1, 0.15) is 0 Å². The van der Waals surface area contributed by atoms with E-state index in [1.54, 1.807) is 13.2 Å². The molecule has 0 unspecified atom stereocenters. The van der Waals surface area contributed by atoms with Crippen LogP contribution >= 0.6 is 11.6 Å². The molecule has 0 fully saturated rings. The zero-order valence-corrected chi connectivity index (χ0v) is 9.40. The second-order valence-electron chi connectivity index (χ2n) is 3.02. The summed E-state index contributed by atoms with van der Waals surface area (Å²) in [6, 6.07) is 9.37. The third-order valence-corrected chi connectivity index (χ3v) is 2.13. The Morgan fingerprint density at radius 2 is 2.00 bits per heavy atom. The largest absolute Gasteiger partial charge is 0.437 e. The van der Waals surface area contributed by atoms with Crippen molar-refractivity contribution in [1.29, 1.82) is 0 Å². The van der Waals surface area contributed by atoms with E-state index in [0.717, 1.165) is 0 Å². The third kappa shape index (κ3) is 2.41. The molecule has 2 rings (SSSR count). The van der Waals surface area contributed by atoms with E-state index in [2.05, 4.69) is 15.3 Å². The Hall–Kier alpha value is -1.81. The Bertz CT molecular complexity index is 476. The average Bonchev–Trinajstić information content (AvgIpc) is 2.31. The van der Waals surface area contributed by atoms with E-state index in [0.29, 0.717) is 17.3 Å². The Labute approximate surface area is 98.3 Å². The standard InChI is InChI=1S/C11H10ClN3O/c1-13-9-7-14-11(12)15-10(9)16-8-5-3-2-4-6-8/h2-7,13H,1H3. The van der Waals surface area contributed by atoms with Crippen LogP contribution in [0.4, 0.5) is 5.69 Å². The molecule has 0 bridgehead atoms. The van der Waals surface area contributed by atoms with Crippen LogP contribution in [0.5, 0.6) is 11.6 Å². The highest BCUT2D eigenvalue weighted by molar-refractivity contribution is 6.28. The van der Waals surface area contributed by atoms with Gasteiger partial charge in [0.15, 0.2) is 0 Å². The fraction of sp³-hybridized carbons (Fsp3) is 0.0909. The summed E-state index contributed by atoms with van der Waals surface area (Å²) in [5.74, 6) is 1.11. The zero-order valence-electron chi connectivity index (χ0n) is 8.64. The summed E-state index contributed by atoms with van der Waals surface area (Å²) >= 11 is 5.71. The van der Waals surface area contributed by atoms with E-state index in [9.17, 15) is 0 Å². The molecule has 0 amide bonds. The second-order valence-corrected chi connectivity index (χ2v) is 3.36. The van der Waals surface area contributed by atoms with Crippen LogP contribution in [-0.4, -0.2) is 17.0 Å². The number of aromatic nitrogens is 2. The van der Waals surface area contributed by atoms with Crippen LogP contribution in [0.2, 0.25) is 5.28 Å². The van der Waals surface area contributed by atoms with E-state index >= 15 is 0 Å². The Balaban J connectivity index is 2.30. The van der Waals surface area contributed by atoms with Crippen molar-refractivity contribution in [3.63, 3.8) is 0 Å². The van der Waals surface area contributed by atoms with Crippen molar-refractivity contribution in [2.45, 2.75) is 0 Å². The van der Waals surface area contributed by atoms with E-state index in [-0.39, 0.29) is 5.28 Å². The van der Waals surface area contributed by atoms with Crippen molar-refractivity contribution in [3.8, 4) is 11.6 Å². The third-order valence-electron chi connectivity index (χ3n) is 1.95. The highest BCUT2D eigenvalue weighted by Gasteiger charge is 2.07. The first-order chi connectivity index (χ1) is 7.79. The monoisotopic (exact) mass is 235 g/mol. The quantitative estimate of drug-likeness (QED) is 0.831. The summed E-state index contributed by atoms with van der Waals surface area (Å²) in [7, 11) is 1.77. The Kier molecular flexibility index (Phi) is 3.22. The van der Waals surface area contributed by atoms with Gasteiger partial charge in [0.2, 0.25) is 11.2 Å². The lowest BCUT2D eigenvalue weighted by atomic mass is 10.3. The first-order valence-electron chi connectivity index (χ1n) is 4.73. The van der Waals surface area contributed by atoms with Crippen molar-refractivity contribution in [2.75, 3.05) is 12.4 Å². The topological polar surface area (TPSA) is 47.0 Å². The van der Waals surface area contributed by atoms with Gasteiger partial charge < -0.3 is 10.1 Å².